The van der Waals surface area contributed by atoms with Crippen molar-refractivity contribution in [3.63, 3.8) is 0 Å². The van der Waals surface area contributed by atoms with Crippen molar-refractivity contribution in [2.45, 2.75) is 39.1 Å². The second-order valence-electron chi connectivity index (χ2n) is 7.48. The van der Waals surface area contributed by atoms with Gasteiger partial charge in [-0.2, -0.15) is 5.10 Å². The van der Waals surface area contributed by atoms with Gasteiger partial charge in [-0.05, 0) is 68.7 Å². The molecule has 0 spiro atoms. The number of aryl methyl sites for hydroxylation is 3. The molecule has 0 aliphatic rings. The summed E-state index contributed by atoms with van der Waals surface area (Å²) < 4.78 is 1.62. The van der Waals surface area contributed by atoms with Gasteiger partial charge in [-0.1, -0.05) is 18.2 Å². The van der Waals surface area contributed by atoms with Crippen molar-refractivity contribution in [2.75, 3.05) is 12.3 Å². The molecule has 1 N–H and O–H groups in total. The Hall–Kier alpha value is -3.13. The average Bonchev–Trinajstić information content (AvgIpc) is 3.01. The van der Waals surface area contributed by atoms with E-state index in [0.29, 0.717) is 30.0 Å². The summed E-state index contributed by atoms with van der Waals surface area (Å²) in [6.45, 7) is 8.50. The highest BCUT2D eigenvalue weighted by Crippen LogP contribution is 2.23. The van der Waals surface area contributed by atoms with Crippen molar-refractivity contribution < 1.29 is 9.72 Å². The van der Waals surface area contributed by atoms with Crippen LogP contribution < -0.4 is 5.32 Å². The van der Waals surface area contributed by atoms with E-state index >= 15 is 0 Å². The Morgan fingerprint density at radius 2 is 1.81 bits per heavy atom. The van der Waals surface area contributed by atoms with Crippen molar-refractivity contribution in [3.05, 3.63) is 86.2 Å². The molecule has 1 heterocycles. The number of hydrogen-bond acceptors (Lipinski definition) is 5. The highest BCUT2D eigenvalue weighted by molar-refractivity contribution is 7.99. The van der Waals surface area contributed by atoms with E-state index in [-0.39, 0.29) is 11.6 Å². The van der Waals surface area contributed by atoms with Gasteiger partial charge in [-0.15, -0.1) is 11.8 Å². The first kappa shape index (κ1) is 22.6. The lowest BCUT2D eigenvalue weighted by atomic mass is 10.1. The summed E-state index contributed by atoms with van der Waals surface area (Å²) in [6.07, 6.45) is 0. The van der Waals surface area contributed by atoms with Crippen molar-refractivity contribution in [2.24, 2.45) is 0 Å². The molecule has 0 aliphatic carbocycles. The van der Waals surface area contributed by atoms with Gasteiger partial charge in [0.25, 0.3) is 5.91 Å². The summed E-state index contributed by atoms with van der Waals surface area (Å²) >= 11 is 1.72. The molecule has 3 aromatic rings. The highest BCUT2D eigenvalue weighted by atomic mass is 32.2. The molecule has 31 heavy (non-hydrogen) atoms. The van der Waals surface area contributed by atoms with Crippen LogP contribution in [0.25, 0.3) is 0 Å². The number of carbonyl (C=O) groups excluding carboxylic acids is 1. The Labute approximate surface area is 186 Å². The second-order valence-corrected chi connectivity index (χ2v) is 8.65. The number of hydrogen-bond donors (Lipinski definition) is 1. The molecule has 7 nitrogen and oxygen atoms in total. The third kappa shape index (κ3) is 5.52. The molecule has 0 radical (unpaired) electrons. The fourth-order valence-electron chi connectivity index (χ4n) is 3.28. The minimum Gasteiger partial charge on any atom is -0.351 e. The van der Waals surface area contributed by atoms with E-state index in [2.05, 4.69) is 42.5 Å². The quantitative estimate of drug-likeness (QED) is 0.240. The van der Waals surface area contributed by atoms with Crippen LogP contribution in [0.4, 0.5) is 5.69 Å². The van der Waals surface area contributed by atoms with Gasteiger partial charge in [0.15, 0.2) is 0 Å². The van der Waals surface area contributed by atoms with E-state index in [1.165, 1.54) is 16.0 Å². The number of nitrogens with zero attached hydrogens (tertiary/aromatic N) is 3. The monoisotopic (exact) mass is 438 g/mol. The van der Waals surface area contributed by atoms with Gasteiger partial charge in [-0.25, -0.2) is 0 Å². The molecule has 3 rings (SSSR count). The first-order valence-electron chi connectivity index (χ1n) is 10.0. The molecule has 0 bridgehead atoms. The van der Waals surface area contributed by atoms with Crippen molar-refractivity contribution in [1.29, 1.82) is 0 Å². The normalized spacial score (nSPS) is 10.8. The summed E-state index contributed by atoms with van der Waals surface area (Å²) in [6, 6.07) is 13.6. The predicted molar refractivity (Wildman–Crippen MR) is 123 cm³/mol. The van der Waals surface area contributed by atoms with Crippen LogP contribution in [-0.4, -0.2) is 32.9 Å². The Bertz CT molecular complexity index is 1110. The number of benzene rings is 2. The van der Waals surface area contributed by atoms with Gasteiger partial charge in [0.05, 0.1) is 11.5 Å². The van der Waals surface area contributed by atoms with Gasteiger partial charge in [0.1, 0.15) is 11.4 Å². The molecule has 8 heteroatoms. The maximum atomic E-state index is 12.4. The van der Waals surface area contributed by atoms with Crippen LogP contribution in [0.5, 0.6) is 0 Å². The summed E-state index contributed by atoms with van der Waals surface area (Å²) in [4.78, 5) is 24.3. The number of rotatable bonds is 8. The van der Waals surface area contributed by atoms with Crippen molar-refractivity contribution >= 4 is 23.4 Å². The number of amides is 1. The smallest absolute Gasteiger partial charge is 0.312 e. The summed E-state index contributed by atoms with van der Waals surface area (Å²) in [5.74, 6) is 0.678. The van der Waals surface area contributed by atoms with E-state index in [9.17, 15) is 14.9 Å². The molecule has 0 aliphatic heterocycles. The molecule has 0 fully saturated rings. The van der Waals surface area contributed by atoms with Crippen LogP contribution in [0.1, 0.15) is 38.4 Å². The van der Waals surface area contributed by atoms with Crippen molar-refractivity contribution in [3.8, 4) is 0 Å². The van der Waals surface area contributed by atoms with Crippen LogP contribution >= 0.6 is 11.8 Å². The first-order valence-corrected chi connectivity index (χ1v) is 11.0. The minimum absolute atomic E-state index is 0.0506. The lowest BCUT2D eigenvalue weighted by molar-refractivity contribution is -0.386. The Kier molecular flexibility index (Phi) is 7.12. The first-order chi connectivity index (χ1) is 14.8. The SMILES string of the molecule is Cc1ccc(SCCNC(=O)c2ccc(Cn3nc(C)c([N+](=O)[O-])c3C)cc2)cc1C. The van der Waals surface area contributed by atoms with E-state index in [4.69, 9.17) is 0 Å². The number of carbonyl (C=O) groups is 1. The standard InChI is InChI=1S/C23H26N4O3S/c1-15-5-10-21(13-16(15)2)31-12-11-24-23(28)20-8-6-19(7-9-20)14-26-18(4)22(27(29)30)17(3)25-26/h5-10,13H,11-12,14H2,1-4H3,(H,24,28). The third-order valence-corrected chi connectivity index (χ3v) is 6.20. The Morgan fingerprint density at radius 3 is 2.42 bits per heavy atom. The van der Waals surface area contributed by atoms with Gasteiger partial charge in [0, 0.05) is 22.8 Å². The molecule has 2 aromatic carbocycles. The van der Waals surface area contributed by atoms with Crippen LogP contribution in [0.2, 0.25) is 0 Å². The van der Waals surface area contributed by atoms with Gasteiger partial charge in [0.2, 0.25) is 0 Å². The third-order valence-electron chi connectivity index (χ3n) is 5.21. The van der Waals surface area contributed by atoms with Crippen LogP contribution in [-0.2, 0) is 6.54 Å². The summed E-state index contributed by atoms with van der Waals surface area (Å²) in [7, 11) is 0. The van der Waals surface area contributed by atoms with E-state index < -0.39 is 4.92 Å². The van der Waals surface area contributed by atoms with Crippen LogP contribution in [0.3, 0.4) is 0 Å². The molecule has 1 amide bonds. The minimum atomic E-state index is -0.403. The van der Waals surface area contributed by atoms with Gasteiger partial charge < -0.3 is 5.32 Å². The fourth-order valence-corrected chi connectivity index (χ4v) is 4.14. The molecular weight excluding hydrogens is 412 g/mol. The maximum absolute atomic E-state index is 12.4. The molecule has 0 unspecified atom stereocenters. The molecule has 0 saturated carbocycles. The lowest BCUT2D eigenvalue weighted by Crippen LogP contribution is -2.25. The lowest BCUT2D eigenvalue weighted by Gasteiger charge is -2.08. The second kappa shape index (κ2) is 9.78. The summed E-state index contributed by atoms with van der Waals surface area (Å²) in [5, 5.41) is 18.4. The van der Waals surface area contributed by atoms with Crippen molar-refractivity contribution in [1.82, 2.24) is 15.1 Å². The van der Waals surface area contributed by atoms with Gasteiger partial charge in [-0.3, -0.25) is 19.6 Å². The number of nitrogens with one attached hydrogen (secondary N) is 1. The molecule has 0 saturated heterocycles. The maximum Gasteiger partial charge on any atom is 0.312 e. The van der Waals surface area contributed by atoms with E-state index in [1.54, 1.807) is 42.4 Å². The van der Waals surface area contributed by atoms with E-state index in [0.717, 1.165) is 11.3 Å². The van der Waals surface area contributed by atoms with Gasteiger partial charge >= 0.3 is 5.69 Å². The number of thioether (sulfide) groups is 1. The number of nitro groups is 1. The predicted octanol–water partition coefficient (Wildman–Crippen LogP) is 4.60. The molecule has 1 aromatic heterocycles. The van der Waals surface area contributed by atoms with Crippen LogP contribution in [0, 0.1) is 37.8 Å². The zero-order chi connectivity index (χ0) is 22.5. The largest absolute Gasteiger partial charge is 0.351 e. The highest BCUT2D eigenvalue weighted by Gasteiger charge is 2.21. The zero-order valence-corrected chi connectivity index (χ0v) is 19.0. The van der Waals surface area contributed by atoms with E-state index in [1.807, 2.05) is 12.1 Å². The fraction of sp³-hybridized carbons (Fsp3) is 0.304. The molecule has 0 atom stereocenters. The molecule has 162 valence electrons. The topological polar surface area (TPSA) is 90.1 Å². The number of aromatic nitrogens is 2. The zero-order valence-electron chi connectivity index (χ0n) is 18.1. The molecular formula is C23H26N4O3S. The Balaban J connectivity index is 1.52. The van der Waals surface area contributed by atoms with Crippen LogP contribution in [0.15, 0.2) is 47.4 Å². The summed E-state index contributed by atoms with van der Waals surface area (Å²) in [5.41, 5.74) is 5.01. The Morgan fingerprint density at radius 1 is 1.10 bits per heavy atom. The average molecular weight is 439 g/mol.